The third-order valence-corrected chi connectivity index (χ3v) is 6.16. The van der Waals surface area contributed by atoms with E-state index in [4.69, 9.17) is 4.74 Å². The monoisotopic (exact) mass is 382 g/mol. The van der Waals surface area contributed by atoms with Crippen molar-refractivity contribution in [3.05, 3.63) is 51.6 Å². The van der Waals surface area contributed by atoms with Crippen LogP contribution in [0.5, 0.6) is 17.2 Å². The zero-order chi connectivity index (χ0) is 20.2. The van der Waals surface area contributed by atoms with Crippen molar-refractivity contribution in [2.45, 2.75) is 26.2 Å². The van der Waals surface area contributed by atoms with Crippen molar-refractivity contribution in [1.29, 1.82) is 0 Å². The molecule has 2 aromatic carbocycles. The lowest BCUT2D eigenvalue weighted by atomic mass is 9.73. The van der Waals surface area contributed by atoms with Gasteiger partial charge in [0.2, 0.25) is 5.78 Å². The standard InChI is InChI=1S/C22H22O6/c1-10(9-23)11-6-7-12-14(8-11)21(26)17-18(19(12)24)22(27)16-13(20(17)25)4-3-5-15(16)28-2/h3-5,10-11,23-24,26H,6-9H2,1-2H3. The number of phenols is 2. The van der Waals surface area contributed by atoms with E-state index in [2.05, 4.69) is 0 Å². The molecule has 0 saturated carbocycles. The summed E-state index contributed by atoms with van der Waals surface area (Å²) in [6.45, 7) is 1.96. The van der Waals surface area contributed by atoms with E-state index in [0.717, 1.165) is 6.42 Å². The predicted molar refractivity (Wildman–Crippen MR) is 101 cm³/mol. The topological polar surface area (TPSA) is 104 Å². The van der Waals surface area contributed by atoms with Crippen molar-refractivity contribution < 1.29 is 29.6 Å². The fourth-order valence-corrected chi connectivity index (χ4v) is 4.47. The van der Waals surface area contributed by atoms with Crippen molar-refractivity contribution >= 4 is 11.6 Å². The summed E-state index contributed by atoms with van der Waals surface area (Å²) in [5.74, 6) is -1.07. The molecule has 4 rings (SSSR count). The molecule has 0 aliphatic heterocycles. The molecule has 0 fully saturated rings. The maximum absolute atomic E-state index is 13.2. The zero-order valence-electron chi connectivity index (χ0n) is 15.8. The third-order valence-electron chi connectivity index (χ3n) is 6.16. The number of carbonyl (C=O) groups is 2. The molecule has 0 amide bonds. The number of fused-ring (bicyclic) bond motifs is 3. The van der Waals surface area contributed by atoms with E-state index >= 15 is 0 Å². The smallest absolute Gasteiger partial charge is 0.202 e. The molecule has 0 heterocycles. The molecule has 2 aliphatic carbocycles. The molecular weight excluding hydrogens is 360 g/mol. The summed E-state index contributed by atoms with van der Waals surface area (Å²) in [5, 5.41) is 31.3. The van der Waals surface area contributed by atoms with E-state index in [0.29, 0.717) is 24.0 Å². The SMILES string of the molecule is COc1cccc2c1C(=O)c1c(O)c3c(c(O)c1C2=O)CC(C(C)CO)CC3. The van der Waals surface area contributed by atoms with Gasteiger partial charge in [-0.2, -0.15) is 0 Å². The highest BCUT2D eigenvalue weighted by atomic mass is 16.5. The Morgan fingerprint density at radius 3 is 2.43 bits per heavy atom. The van der Waals surface area contributed by atoms with Crippen LogP contribution in [0.4, 0.5) is 0 Å². The molecule has 28 heavy (non-hydrogen) atoms. The molecule has 0 aromatic heterocycles. The van der Waals surface area contributed by atoms with Gasteiger partial charge < -0.3 is 20.1 Å². The van der Waals surface area contributed by atoms with E-state index in [9.17, 15) is 24.9 Å². The number of aliphatic hydroxyl groups is 1. The summed E-state index contributed by atoms with van der Waals surface area (Å²) in [5.41, 5.74) is 0.992. The van der Waals surface area contributed by atoms with Gasteiger partial charge in [0, 0.05) is 23.3 Å². The molecule has 0 spiro atoms. The molecule has 6 nitrogen and oxygen atoms in total. The Bertz CT molecular complexity index is 1010. The maximum Gasteiger partial charge on any atom is 0.202 e. The predicted octanol–water partition coefficient (Wildman–Crippen LogP) is 2.62. The van der Waals surface area contributed by atoms with Crippen molar-refractivity contribution in [3.63, 3.8) is 0 Å². The van der Waals surface area contributed by atoms with E-state index in [1.807, 2.05) is 6.92 Å². The van der Waals surface area contributed by atoms with Gasteiger partial charge in [0.1, 0.15) is 17.2 Å². The Morgan fingerprint density at radius 1 is 1.07 bits per heavy atom. The second-order valence-corrected chi connectivity index (χ2v) is 7.61. The molecule has 2 atom stereocenters. The van der Waals surface area contributed by atoms with E-state index in [-0.39, 0.29) is 57.9 Å². The first-order chi connectivity index (χ1) is 13.4. The average molecular weight is 382 g/mol. The van der Waals surface area contributed by atoms with Crippen LogP contribution in [0.15, 0.2) is 18.2 Å². The van der Waals surface area contributed by atoms with Crippen molar-refractivity contribution in [2.75, 3.05) is 13.7 Å². The molecule has 0 radical (unpaired) electrons. The number of methoxy groups -OCH3 is 1. The second kappa shape index (κ2) is 6.63. The Morgan fingerprint density at radius 2 is 1.75 bits per heavy atom. The Hall–Kier alpha value is -2.86. The summed E-state index contributed by atoms with van der Waals surface area (Å²) in [4.78, 5) is 26.3. The quantitative estimate of drug-likeness (QED) is 0.602. The highest BCUT2D eigenvalue weighted by molar-refractivity contribution is 6.31. The van der Waals surface area contributed by atoms with Crippen LogP contribution in [0.1, 0.15) is 56.3 Å². The summed E-state index contributed by atoms with van der Waals surface area (Å²) in [6.07, 6.45) is 1.63. The number of hydrogen-bond donors (Lipinski definition) is 3. The first kappa shape index (κ1) is 18.5. The first-order valence-corrected chi connectivity index (χ1v) is 9.37. The van der Waals surface area contributed by atoms with Crippen molar-refractivity contribution in [1.82, 2.24) is 0 Å². The number of aromatic hydroxyl groups is 2. The van der Waals surface area contributed by atoms with Gasteiger partial charge in [-0.15, -0.1) is 0 Å². The molecule has 0 saturated heterocycles. The lowest BCUT2D eigenvalue weighted by Crippen LogP contribution is -2.27. The highest BCUT2D eigenvalue weighted by Crippen LogP contribution is 2.48. The zero-order valence-corrected chi connectivity index (χ0v) is 15.8. The summed E-state index contributed by atoms with van der Waals surface area (Å²) < 4.78 is 5.24. The van der Waals surface area contributed by atoms with Gasteiger partial charge in [-0.05, 0) is 37.2 Å². The lowest BCUT2D eigenvalue weighted by molar-refractivity contribution is 0.0970. The summed E-state index contributed by atoms with van der Waals surface area (Å²) in [6, 6.07) is 4.72. The highest BCUT2D eigenvalue weighted by Gasteiger charge is 2.40. The number of ketones is 2. The molecule has 2 unspecified atom stereocenters. The van der Waals surface area contributed by atoms with Gasteiger partial charge in [-0.3, -0.25) is 9.59 Å². The minimum atomic E-state index is -0.525. The summed E-state index contributed by atoms with van der Waals surface area (Å²) in [7, 11) is 1.41. The molecule has 3 N–H and O–H groups in total. The van der Waals surface area contributed by atoms with Crippen LogP contribution in [0.3, 0.4) is 0 Å². The van der Waals surface area contributed by atoms with Crippen molar-refractivity contribution in [2.24, 2.45) is 11.8 Å². The minimum Gasteiger partial charge on any atom is -0.507 e. The number of rotatable bonds is 3. The van der Waals surface area contributed by atoms with Crippen LogP contribution in [-0.4, -0.2) is 40.6 Å². The molecule has 2 aliphatic rings. The second-order valence-electron chi connectivity index (χ2n) is 7.61. The largest absolute Gasteiger partial charge is 0.507 e. The van der Waals surface area contributed by atoms with Crippen LogP contribution >= 0.6 is 0 Å². The number of aliphatic hydroxyl groups excluding tert-OH is 1. The number of hydrogen-bond acceptors (Lipinski definition) is 6. The van der Waals surface area contributed by atoms with Gasteiger partial charge >= 0.3 is 0 Å². The fourth-order valence-electron chi connectivity index (χ4n) is 4.47. The van der Waals surface area contributed by atoms with Crippen molar-refractivity contribution in [3.8, 4) is 17.2 Å². The van der Waals surface area contributed by atoms with Crippen LogP contribution in [0.2, 0.25) is 0 Å². The normalized spacial score (nSPS) is 18.9. The number of phenolic OH excluding ortho intramolecular Hbond substituents is 2. The Labute approximate surface area is 162 Å². The number of ether oxygens (including phenoxy) is 1. The average Bonchev–Trinajstić information content (AvgIpc) is 2.72. The molecule has 0 bridgehead atoms. The van der Waals surface area contributed by atoms with Gasteiger partial charge in [0.05, 0.1) is 23.8 Å². The third kappa shape index (κ3) is 2.44. The molecular formula is C22H22O6. The Kier molecular flexibility index (Phi) is 4.38. The van der Waals surface area contributed by atoms with E-state index in [1.54, 1.807) is 12.1 Å². The van der Waals surface area contributed by atoms with E-state index in [1.165, 1.54) is 13.2 Å². The fraction of sp³-hybridized carbons (Fsp3) is 0.364. The number of carbonyl (C=O) groups excluding carboxylic acids is 2. The maximum atomic E-state index is 13.2. The minimum absolute atomic E-state index is 0.0300. The van der Waals surface area contributed by atoms with Crippen LogP contribution in [-0.2, 0) is 12.8 Å². The lowest BCUT2D eigenvalue weighted by Gasteiger charge is -2.32. The van der Waals surface area contributed by atoms with Crippen LogP contribution in [0.25, 0.3) is 0 Å². The number of benzene rings is 2. The molecule has 2 aromatic rings. The van der Waals surface area contributed by atoms with Crippen LogP contribution < -0.4 is 4.74 Å². The van der Waals surface area contributed by atoms with Gasteiger partial charge in [0.25, 0.3) is 0 Å². The van der Waals surface area contributed by atoms with Crippen LogP contribution in [0, 0.1) is 11.8 Å². The first-order valence-electron chi connectivity index (χ1n) is 9.37. The molecule has 146 valence electrons. The van der Waals surface area contributed by atoms with E-state index < -0.39 is 11.6 Å². The Balaban J connectivity index is 1.94. The van der Waals surface area contributed by atoms with Gasteiger partial charge in [0.15, 0.2) is 5.78 Å². The van der Waals surface area contributed by atoms with Gasteiger partial charge in [-0.25, -0.2) is 0 Å². The molecule has 6 heteroatoms. The summed E-state index contributed by atoms with van der Waals surface area (Å²) >= 11 is 0. The van der Waals surface area contributed by atoms with Gasteiger partial charge in [-0.1, -0.05) is 19.1 Å².